The lowest BCUT2D eigenvalue weighted by Gasteiger charge is -2.28. The summed E-state index contributed by atoms with van der Waals surface area (Å²) in [5.74, 6) is 0.399. The number of nitrogens with zero attached hydrogens (tertiary/aromatic N) is 1. The number of aryl methyl sites for hydroxylation is 1. The molecule has 1 heterocycles. The molecular formula is C25H25ClN2O4S. The highest BCUT2D eigenvalue weighted by Gasteiger charge is 2.28. The molecule has 3 aromatic rings. The van der Waals surface area contributed by atoms with Gasteiger partial charge in [0.25, 0.3) is 5.91 Å². The van der Waals surface area contributed by atoms with E-state index in [0.29, 0.717) is 29.4 Å². The summed E-state index contributed by atoms with van der Waals surface area (Å²) in [4.78, 5) is 12.6. The second-order valence-electron chi connectivity index (χ2n) is 8.06. The number of amides is 1. The number of ether oxygens (including phenoxy) is 1. The lowest BCUT2D eigenvalue weighted by Crippen LogP contribution is -2.36. The Morgan fingerprint density at radius 1 is 1.06 bits per heavy atom. The Morgan fingerprint density at radius 3 is 2.58 bits per heavy atom. The lowest BCUT2D eigenvalue weighted by molar-refractivity contribution is -0.118. The molecule has 6 nitrogen and oxygen atoms in total. The first-order valence-electron chi connectivity index (χ1n) is 10.6. The summed E-state index contributed by atoms with van der Waals surface area (Å²) in [7, 11) is -3.64. The quantitative estimate of drug-likeness (QED) is 0.549. The molecule has 0 bridgehead atoms. The summed E-state index contributed by atoms with van der Waals surface area (Å²) in [5, 5.41) is 3.33. The molecule has 0 saturated carbocycles. The van der Waals surface area contributed by atoms with Crippen molar-refractivity contribution in [2.45, 2.75) is 31.7 Å². The van der Waals surface area contributed by atoms with E-state index >= 15 is 0 Å². The number of hydrogen-bond donors (Lipinski definition) is 1. The number of hydrogen-bond acceptors (Lipinski definition) is 4. The Balaban J connectivity index is 1.43. The van der Waals surface area contributed by atoms with E-state index in [1.165, 1.54) is 16.4 Å². The van der Waals surface area contributed by atoms with Gasteiger partial charge in [-0.1, -0.05) is 29.8 Å². The van der Waals surface area contributed by atoms with E-state index in [0.717, 1.165) is 22.3 Å². The number of halogens is 1. The SMILES string of the molecule is Cc1cccc(OCC(=O)Nc2ccc3c(c2)CN(S(=O)(=O)c2ccc(Cl)cc2)CC3)c1C. The van der Waals surface area contributed by atoms with Crippen LogP contribution in [0.25, 0.3) is 0 Å². The fourth-order valence-corrected chi connectivity index (χ4v) is 5.34. The molecule has 4 rings (SSSR count). The van der Waals surface area contributed by atoms with Gasteiger partial charge in [0.15, 0.2) is 6.61 Å². The number of nitrogens with one attached hydrogen (secondary N) is 1. The average Bonchev–Trinajstić information content (AvgIpc) is 2.80. The summed E-state index contributed by atoms with van der Waals surface area (Å²) in [6, 6.07) is 17.5. The van der Waals surface area contributed by atoms with Crippen LogP contribution in [-0.4, -0.2) is 31.8 Å². The third-order valence-corrected chi connectivity index (χ3v) is 7.94. The maximum atomic E-state index is 13.0. The zero-order valence-electron chi connectivity index (χ0n) is 18.5. The van der Waals surface area contributed by atoms with Gasteiger partial charge in [0.05, 0.1) is 4.90 Å². The van der Waals surface area contributed by atoms with Crippen molar-refractivity contribution in [2.24, 2.45) is 0 Å². The molecule has 0 fully saturated rings. The van der Waals surface area contributed by atoms with Crippen molar-refractivity contribution in [2.75, 3.05) is 18.5 Å². The molecule has 33 heavy (non-hydrogen) atoms. The minimum atomic E-state index is -3.64. The van der Waals surface area contributed by atoms with E-state index in [-0.39, 0.29) is 24.0 Å². The molecule has 0 spiro atoms. The topological polar surface area (TPSA) is 75.7 Å². The first-order chi connectivity index (χ1) is 15.7. The highest BCUT2D eigenvalue weighted by Crippen LogP contribution is 2.28. The van der Waals surface area contributed by atoms with Crippen molar-refractivity contribution >= 4 is 33.2 Å². The van der Waals surface area contributed by atoms with Crippen LogP contribution in [-0.2, 0) is 27.8 Å². The van der Waals surface area contributed by atoms with Gasteiger partial charge in [0, 0.05) is 23.8 Å². The summed E-state index contributed by atoms with van der Waals surface area (Å²) in [6.07, 6.45) is 0.603. The number of fused-ring (bicyclic) bond motifs is 1. The predicted octanol–water partition coefficient (Wildman–Crippen LogP) is 4.72. The summed E-state index contributed by atoms with van der Waals surface area (Å²) >= 11 is 5.89. The Bertz CT molecular complexity index is 1290. The molecule has 1 aliphatic heterocycles. The molecule has 3 aromatic carbocycles. The van der Waals surface area contributed by atoms with Gasteiger partial charge in [0.2, 0.25) is 10.0 Å². The largest absolute Gasteiger partial charge is 0.483 e. The molecule has 0 aromatic heterocycles. The fraction of sp³-hybridized carbons (Fsp3) is 0.240. The minimum absolute atomic E-state index is 0.113. The van der Waals surface area contributed by atoms with Gasteiger partial charge < -0.3 is 10.1 Å². The number of carbonyl (C=O) groups is 1. The highest BCUT2D eigenvalue weighted by atomic mass is 35.5. The predicted molar refractivity (Wildman–Crippen MR) is 129 cm³/mol. The van der Waals surface area contributed by atoms with Crippen molar-refractivity contribution in [3.63, 3.8) is 0 Å². The Morgan fingerprint density at radius 2 is 1.82 bits per heavy atom. The van der Waals surface area contributed by atoms with Crippen molar-refractivity contribution < 1.29 is 17.9 Å². The molecule has 1 N–H and O–H groups in total. The summed E-state index contributed by atoms with van der Waals surface area (Å²) in [6.45, 7) is 4.47. The monoisotopic (exact) mass is 484 g/mol. The molecule has 0 unspecified atom stereocenters. The van der Waals surface area contributed by atoms with Gasteiger partial charge in [0.1, 0.15) is 5.75 Å². The second kappa shape index (κ2) is 9.55. The summed E-state index contributed by atoms with van der Waals surface area (Å²) in [5.41, 5.74) is 4.64. The van der Waals surface area contributed by atoms with E-state index in [9.17, 15) is 13.2 Å². The molecule has 0 radical (unpaired) electrons. The molecule has 172 valence electrons. The minimum Gasteiger partial charge on any atom is -0.483 e. The Hall–Kier alpha value is -2.87. The van der Waals surface area contributed by atoms with E-state index in [1.807, 2.05) is 50.2 Å². The molecule has 8 heteroatoms. The van der Waals surface area contributed by atoms with Crippen LogP contribution in [0.3, 0.4) is 0 Å². The first kappa shape index (κ1) is 23.3. The van der Waals surface area contributed by atoms with Gasteiger partial charge in [-0.25, -0.2) is 8.42 Å². The molecule has 0 atom stereocenters. The first-order valence-corrected chi connectivity index (χ1v) is 12.4. The standard InChI is InChI=1S/C25H25ClN2O4S/c1-17-4-3-5-24(18(17)2)32-16-25(29)27-22-9-6-19-12-13-28(15-20(19)14-22)33(30,31)23-10-7-21(26)8-11-23/h3-11,14H,12-13,15-16H2,1-2H3,(H,27,29). The second-order valence-corrected chi connectivity index (χ2v) is 10.4. The van der Waals surface area contributed by atoms with Crippen molar-refractivity contribution in [1.82, 2.24) is 4.31 Å². The van der Waals surface area contributed by atoms with Gasteiger partial charge in [-0.3, -0.25) is 4.79 Å². The molecule has 0 aliphatic carbocycles. The van der Waals surface area contributed by atoms with Crippen molar-refractivity contribution in [1.29, 1.82) is 0 Å². The zero-order chi connectivity index (χ0) is 23.6. The normalized spacial score (nSPS) is 13.9. The van der Waals surface area contributed by atoms with Crippen LogP contribution in [0.4, 0.5) is 5.69 Å². The highest BCUT2D eigenvalue weighted by molar-refractivity contribution is 7.89. The molecule has 1 amide bonds. The maximum absolute atomic E-state index is 13.0. The molecular weight excluding hydrogens is 460 g/mol. The summed E-state index contributed by atoms with van der Waals surface area (Å²) < 4.78 is 33.2. The van der Waals surface area contributed by atoms with Crippen molar-refractivity contribution in [3.05, 3.63) is 87.9 Å². The van der Waals surface area contributed by atoms with Crippen LogP contribution in [0, 0.1) is 13.8 Å². The maximum Gasteiger partial charge on any atom is 0.262 e. The fourth-order valence-electron chi connectivity index (χ4n) is 3.79. The number of sulfonamides is 1. The van der Waals surface area contributed by atoms with Crippen molar-refractivity contribution in [3.8, 4) is 5.75 Å². The average molecular weight is 485 g/mol. The Labute approximate surface area is 199 Å². The van der Waals surface area contributed by atoms with E-state index in [2.05, 4.69) is 5.32 Å². The van der Waals surface area contributed by atoms with Crippen LogP contribution < -0.4 is 10.1 Å². The van der Waals surface area contributed by atoms with Gasteiger partial charge in [-0.15, -0.1) is 0 Å². The number of benzene rings is 3. The lowest BCUT2D eigenvalue weighted by atomic mass is 10.0. The van der Waals surface area contributed by atoms with Crippen LogP contribution in [0.5, 0.6) is 5.75 Å². The van der Waals surface area contributed by atoms with E-state index < -0.39 is 10.0 Å². The van der Waals surface area contributed by atoms with E-state index in [1.54, 1.807) is 12.1 Å². The van der Waals surface area contributed by atoms with Crippen LogP contribution >= 0.6 is 11.6 Å². The van der Waals surface area contributed by atoms with Gasteiger partial charge >= 0.3 is 0 Å². The zero-order valence-corrected chi connectivity index (χ0v) is 20.0. The number of anilines is 1. The van der Waals surface area contributed by atoms with Gasteiger partial charge in [-0.05, 0) is 85.0 Å². The Kier molecular flexibility index (Phi) is 6.74. The van der Waals surface area contributed by atoms with Crippen LogP contribution in [0.2, 0.25) is 5.02 Å². The molecule has 0 saturated heterocycles. The van der Waals surface area contributed by atoms with E-state index in [4.69, 9.17) is 16.3 Å². The van der Waals surface area contributed by atoms with Crippen LogP contribution in [0.1, 0.15) is 22.3 Å². The van der Waals surface area contributed by atoms with Gasteiger partial charge in [-0.2, -0.15) is 4.31 Å². The van der Waals surface area contributed by atoms with Crippen LogP contribution in [0.15, 0.2) is 65.6 Å². The number of carbonyl (C=O) groups excluding carboxylic acids is 1. The third kappa shape index (κ3) is 5.21. The third-order valence-electron chi connectivity index (χ3n) is 5.83. The smallest absolute Gasteiger partial charge is 0.262 e. The molecule has 1 aliphatic rings. The number of rotatable bonds is 6.